The van der Waals surface area contributed by atoms with Gasteiger partial charge in [0, 0.05) is 22.6 Å². The Balaban J connectivity index is 1.80. The van der Waals surface area contributed by atoms with E-state index in [0.717, 1.165) is 42.5 Å². The number of esters is 1. The van der Waals surface area contributed by atoms with Crippen molar-refractivity contribution in [2.75, 3.05) is 12.0 Å². The van der Waals surface area contributed by atoms with Gasteiger partial charge in [-0.25, -0.2) is 9.18 Å². The number of halogens is 1. The SMILES string of the molecule is COC(=O)c1c(N2C(N)=C(C#N)[C@H](c3ccc(F)cc3)C3=C2CC(C)(C)CC3=O)sc2c1CCCCC2. The molecule has 2 aliphatic carbocycles. The maximum atomic E-state index is 13.8. The van der Waals surface area contributed by atoms with Gasteiger partial charge in [-0.1, -0.05) is 32.4 Å². The van der Waals surface area contributed by atoms with Gasteiger partial charge >= 0.3 is 5.97 Å². The third-order valence-corrected chi connectivity index (χ3v) is 8.86. The highest BCUT2D eigenvalue weighted by Gasteiger charge is 2.46. The number of Topliss-reactive ketones (excluding diaryl/α,β-unsaturated/α-hetero) is 1. The first kappa shape index (κ1) is 25.2. The highest BCUT2D eigenvalue weighted by molar-refractivity contribution is 7.16. The van der Waals surface area contributed by atoms with Crippen LogP contribution in [0.2, 0.25) is 0 Å². The Kier molecular flexibility index (Phi) is 6.45. The lowest BCUT2D eigenvalue weighted by molar-refractivity contribution is -0.118. The third kappa shape index (κ3) is 4.25. The van der Waals surface area contributed by atoms with Crippen LogP contribution in [-0.2, 0) is 22.4 Å². The van der Waals surface area contributed by atoms with Gasteiger partial charge < -0.3 is 10.5 Å². The molecule has 0 unspecified atom stereocenters. The molecule has 2 heterocycles. The van der Waals surface area contributed by atoms with Crippen molar-refractivity contribution >= 4 is 28.1 Å². The Hall–Kier alpha value is -3.44. The standard InChI is InChI=1S/C29H30FN3O3S/c1-29(2)13-20-25(21(34)14-29)23(16-9-11-17(30)12-10-16)19(15-31)26(32)33(20)27-24(28(35)36-3)18-7-5-4-6-8-22(18)37-27/h9-12,23H,4-8,13-14,32H2,1-3H3/t23-/m0/s1. The van der Waals surface area contributed by atoms with E-state index < -0.39 is 17.7 Å². The van der Waals surface area contributed by atoms with Crippen molar-refractivity contribution in [2.45, 2.75) is 64.7 Å². The number of ketones is 1. The number of carbonyl (C=O) groups is 2. The number of anilines is 1. The number of nitrogens with zero attached hydrogens (tertiary/aromatic N) is 2. The predicted molar refractivity (Wildman–Crippen MR) is 140 cm³/mol. The van der Waals surface area contributed by atoms with E-state index in [1.54, 1.807) is 17.0 Å². The number of carbonyl (C=O) groups excluding carboxylic acids is 2. The molecule has 1 aromatic heterocycles. The van der Waals surface area contributed by atoms with Crippen molar-refractivity contribution in [3.05, 3.63) is 74.3 Å². The molecule has 8 heteroatoms. The van der Waals surface area contributed by atoms with Gasteiger partial charge in [-0.2, -0.15) is 5.26 Å². The van der Waals surface area contributed by atoms with E-state index in [-0.39, 0.29) is 22.6 Å². The molecule has 0 radical (unpaired) electrons. The summed E-state index contributed by atoms with van der Waals surface area (Å²) in [6, 6.07) is 8.11. The van der Waals surface area contributed by atoms with Gasteiger partial charge in [0.05, 0.1) is 30.2 Å². The van der Waals surface area contributed by atoms with Crippen LogP contribution in [0.5, 0.6) is 0 Å². The van der Waals surface area contributed by atoms with Gasteiger partial charge in [-0.3, -0.25) is 9.69 Å². The van der Waals surface area contributed by atoms with Crippen molar-refractivity contribution < 1.29 is 18.7 Å². The molecule has 0 saturated carbocycles. The van der Waals surface area contributed by atoms with E-state index in [1.807, 2.05) is 13.8 Å². The summed E-state index contributed by atoms with van der Waals surface area (Å²) in [6.45, 7) is 4.06. The first-order chi connectivity index (χ1) is 17.7. The van der Waals surface area contributed by atoms with Gasteiger partial charge in [-0.05, 0) is 60.8 Å². The molecule has 0 saturated heterocycles. The molecule has 6 nitrogen and oxygen atoms in total. The van der Waals surface area contributed by atoms with Gasteiger partial charge in [-0.15, -0.1) is 11.3 Å². The molecule has 2 N–H and O–H groups in total. The first-order valence-electron chi connectivity index (χ1n) is 12.6. The number of aryl methyl sites for hydroxylation is 1. The second-order valence-corrected chi connectivity index (χ2v) is 11.9. The molecular weight excluding hydrogens is 489 g/mol. The molecule has 0 bridgehead atoms. The lowest BCUT2D eigenvalue weighted by atomic mass is 9.68. The minimum absolute atomic E-state index is 0.0661. The Bertz CT molecular complexity index is 1390. The lowest BCUT2D eigenvalue weighted by Crippen LogP contribution is -2.42. The molecule has 1 aliphatic heterocycles. The molecule has 2 aromatic rings. The van der Waals surface area contributed by atoms with E-state index >= 15 is 0 Å². The number of thiophene rings is 1. The molecule has 1 aromatic carbocycles. The van der Waals surface area contributed by atoms with Crippen LogP contribution in [0.1, 0.15) is 78.2 Å². The molecule has 3 aliphatic rings. The predicted octanol–water partition coefficient (Wildman–Crippen LogP) is 5.88. The quantitative estimate of drug-likeness (QED) is 0.402. The highest BCUT2D eigenvalue weighted by atomic mass is 32.1. The van der Waals surface area contributed by atoms with Crippen LogP contribution in [-0.4, -0.2) is 18.9 Å². The number of allylic oxidation sites excluding steroid dienone is 3. The zero-order valence-electron chi connectivity index (χ0n) is 21.3. The fourth-order valence-corrected chi connectivity index (χ4v) is 7.34. The van der Waals surface area contributed by atoms with Crippen molar-refractivity contribution in [1.82, 2.24) is 0 Å². The van der Waals surface area contributed by atoms with Gasteiger partial charge in [0.1, 0.15) is 16.6 Å². The second-order valence-electron chi connectivity index (χ2n) is 10.8. The average Bonchev–Trinajstić information content (AvgIpc) is 3.04. The maximum absolute atomic E-state index is 13.8. The summed E-state index contributed by atoms with van der Waals surface area (Å²) in [5.41, 5.74) is 9.96. The van der Waals surface area contributed by atoms with Gasteiger partial charge in [0.15, 0.2) is 5.78 Å². The molecular formula is C29H30FN3O3S. The van der Waals surface area contributed by atoms with E-state index in [1.165, 1.54) is 30.6 Å². The van der Waals surface area contributed by atoms with Crippen LogP contribution in [0.3, 0.4) is 0 Å². The number of benzene rings is 1. The lowest BCUT2D eigenvalue weighted by Gasteiger charge is -2.43. The molecule has 192 valence electrons. The summed E-state index contributed by atoms with van der Waals surface area (Å²) in [6.07, 6.45) is 5.60. The van der Waals surface area contributed by atoms with Crippen LogP contribution >= 0.6 is 11.3 Å². The van der Waals surface area contributed by atoms with Crippen molar-refractivity contribution in [3.63, 3.8) is 0 Å². The summed E-state index contributed by atoms with van der Waals surface area (Å²) >= 11 is 1.50. The minimum Gasteiger partial charge on any atom is -0.465 e. The molecule has 37 heavy (non-hydrogen) atoms. The molecule has 5 rings (SSSR count). The minimum atomic E-state index is -0.695. The molecule has 0 amide bonds. The number of hydrogen-bond donors (Lipinski definition) is 1. The van der Waals surface area contributed by atoms with Crippen molar-refractivity contribution in [1.29, 1.82) is 5.26 Å². The Labute approximate surface area is 220 Å². The normalized spacial score (nSPS) is 21.2. The van der Waals surface area contributed by atoms with Crippen molar-refractivity contribution in [3.8, 4) is 6.07 Å². The van der Waals surface area contributed by atoms with E-state index in [4.69, 9.17) is 10.5 Å². The fourth-order valence-electron chi connectivity index (χ4n) is 5.93. The molecule has 0 fully saturated rings. The van der Waals surface area contributed by atoms with Gasteiger partial charge in [0.25, 0.3) is 0 Å². The van der Waals surface area contributed by atoms with Gasteiger partial charge in [0.2, 0.25) is 0 Å². The monoisotopic (exact) mass is 519 g/mol. The highest BCUT2D eigenvalue weighted by Crippen LogP contribution is 2.52. The number of ether oxygens (including phenoxy) is 1. The first-order valence-corrected chi connectivity index (χ1v) is 13.4. The topological polar surface area (TPSA) is 96.4 Å². The number of hydrogen-bond acceptors (Lipinski definition) is 7. The Morgan fingerprint density at radius 2 is 1.89 bits per heavy atom. The van der Waals surface area contributed by atoms with Crippen LogP contribution in [0.4, 0.5) is 9.39 Å². The van der Waals surface area contributed by atoms with Crippen molar-refractivity contribution in [2.24, 2.45) is 11.1 Å². The third-order valence-electron chi connectivity index (χ3n) is 7.58. The summed E-state index contributed by atoms with van der Waals surface area (Å²) < 4.78 is 19.0. The van der Waals surface area contributed by atoms with Crippen LogP contribution < -0.4 is 10.6 Å². The maximum Gasteiger partial charge on any atom is 0.341 e. The zero-order chi connectivity index (χ0) is 26.5. The van der Waals surface area contributed by atoms with E-state index in [2.05, 4.69) is 6.07 Å². The Morgan fingerprint density at radius 1 is 1.19 bits per heavy atom. The molecule has 1 atom stereocenters. The smallest absolute Gasteiger partial charge is 0.341 e. The fraction of sp³-hybridized carbons (Fsp3) is 0.414. The molecule has 0 spiro atoms. The van der Waals surface area contributed by atoms with Crippen LogP contribution in [0, 0.1) is 22.6 Å². The average molecular weight is 520 g/mol. The number of nitriles is 1. The summed E-state index contributed by atoms with van der Waals surface area (Å²) in [5.74, 6) is -1.40. The summed E-state index contributed by atoms with van der Waals surface area (Å²) in [5, 5.41) is 10.9. The number of methoxy groups -OCH3 is 1. The van der Waals surface area contributed by atoms with E-state index in [0.29, 0.717) is 40.2 Å². The zero-order valence-corrected chi connectivity index (χ0v) is 22.1. The number of nitrogens with two attached hydrogens (primary N) is 1. The summed E-state index contributed by atoms with van der Waals surface area (Å²) in [7, 11) is 1.37. The summed E-state index contributed by atoms with van der Waals surface area (Å²) in [4.78, 5) is 29.8. The largest absolute Gasteiger partial charge is 0.465 e. The van der Waals surface area contributed by atoms with E-state index in [9.17, 15) is 19.2 Å². The number of fused-ring (bicyclic) bond motifs is 1. The van der Waals surface area contributed by atoms with Crippen LogP contribution in [0.15, 0.2) is 46.9 Å². The number of rotatable bonds is 3. The Morgan fingerprint density at radius 3 is 2.57 bits per heavy atom. The second kappa shape index (κ2) is 9.46. The van der Waals surface area contributed by atoms with Crippen LogP contribution in [0.25, 0.3) is 0 Å².